The van der Waals surface area contributed by atoms with Crippen molar-refractivity contribution in [2.45, 2.75) is 26.9 Å². The molecule has 0 saturated carbocycles. The zero-order chi connectivity index (χ0) is 21.0. The molecular weight excluding hydrogens is 372 g/mol. The van der Waals surface area contributed by atoms with Gasteiger partial charge in [0.1, 0.15) is 5.75 Å². The van der Waals surface area contributed by atoms with E-state index >= 15 is 0 Å². The molecule has 0 bridgehead atoms. The average molecular weight is 398 g/mol. The number of amides is 2. The van der Waals surface area contributed by atoms with Crippen molar-refractivity contribution in [1.29, 1.82) is 0 Å². The van der Waals surface area contributed by atoms with E-state index in [0.29, 0.717) is 41.1 Å². The zero-order valence-electron chi connectivity index (χ0n) is 17.1. The smallest absolute Gasteiger partial charge is 0.267 e. The van der Waals surface area contributed by atoms with Gasteiger partial charge in [0.15, 0.2) is 24.2 Å². The molecular formula is C22H26N2O5. The molecule has 7 heteroatoms. The number of carbonyl (C=O) groups is 2. The summed E-state index contributed by atoms with van der Waals surface area (Å²) in [6.07, 6.45) is -0.568. The fourth-order valence-electron chi connectivity index (χ4n) is 3.12. The van der Waals surface area contributed by atoms with Crippen LogP contribution in [-0.2, 0) is 9.59 Å². The minimum absolute atomic E-state index is 0.0619. The van der Waals surface area contributed by atoms with Gasteiger partial charge in [0.2, 0.25) is 0 Å². The molecule has 1 aliphatic heterocycles. The van der Waals surface area contributed by atoms with Crippen molar-refractivity contribution >= 4 is 23.2 Å². The molecule has 2 aromatic carbocycles. The zero-order valence-corrected chi connectivity index (χ0v) is 17.1. The SMILES string of the molecule is COc1ccccc1OCC(=O)Nc1ccc2c(c1)OC(C)C(=O)N2CC(C)C. The molecule has 2 amide bonds. The van der Waals surface area contributed by atoms with Crippen LogP contribution in [0.5, 0.6) is 17.2 Å². The Bertz CT molecular complexity index is 897. The Balaban J connectivity index is 1.68. The molecule has 3 rings (SSSR count). The molecule has 1 atom stereocenters. The lowest BCUT2D eigenvalue weighted by Gasteiger charge is -2.34. The number of nitrogens with zero attached hydrogens (tertiary/aromatic N) is 1. The molecule has 1 heterocycles. The lowest BCUT2D eigenvalue weighted by Crippen LogP contribution is -2.46. The van der Waals surface area contributed by atoms with Crippen LogP contribution in [0.3, 0.4) is 0 Å². The first-order valence-electron chi connectivity index (χ1n) is 9.56. The van der Waals surface area contributed by atoms with Crippen molar-refractivity contribution in [3.63, 3.8) is 0 Å². The maximum atomic E-state index is 12.5. The van der Waals surface area contributed by atoms with Crippen LogP contribution in [0.1, 0.15) is 20.8 Å². The highest BCUT2D eigenvalue weighted by Gasteiger charge is 2.32. The molecule has 1 N–H and O–H groups in total. The Morgan fingerprint density at radius 2 is 1.93 bits per heavy atom. The van der Waals surface area contributed by atoms with Crippen LogP contribution in [0.4, 0.5) is 11.4 Å². The topological polar surface area (TPSA) is 77.1 Å². The van der Waals surface area contributed by atoms with Gasteiger partial charge in [-0.25, -0.2) is 0 Å². The van der Waals surface area contributed by atoms with E-state index in [4.69, 9.17) is 14.2 Å². The second kappa shape index (κ2) is 8.86. The standard InChI is InChI=1S/C22H26N2O5/c1-14(2)12-24-17-10-9-16(11-20(17)29-15(3)22(24)26)23-21(25)13-28-19-8-6-5-7-18(19)27-4/h5-11,14-15H,12-13H2,1-4H3,(H,23,25). The number of rotatable bonds is 7. The number of carbonyl (C=O) groups excluding carboxylic acids is 2. The van der Waals surface area contributed by atoms with Crippen molar-refractivity contribution in [2.24, 2.45) is 5.92 Å². The van der Waals surface area contributed by atoms with Crippen LogP contribution in [0.15, 0.2) is 42.5 Å². The highest BCUT2D eigenvalue weighted by atomic mass is 16.5. The molecule has 29 heavy (non-hydrogen) atoms. The highest BCUT2D eigenvalue weighted by Crippen LogP contribution is 2.36. The molecule has 0 aromatic heterocycles. The van der Waals surface area contributed by atoms with E-state index < -0.39 is 6.10 Å². The second-order valence-electron chi connectivity index (χ2n) is 7.27. The summed E-state index contributed by atoms with van der Waals surface area (Å²) in [6, 6.07) is 12.4. The lowest BCUT2D eigenvalue weighted by molar-refractivity contribution is -0.125. The minimum atomic E-state index is -0.568. The summed E-state index contributed by atoms with van der Waals surface area (Å²) in [4.78, 5) is 26.5. The second-order valence-corrected chi connectivity index (χ2v) is 7.27. The monoisotopic (exact) mass is 398 g/mol. The van der Waals surface area contributed by atoms with Crippen molar-refractivity contribution in [3.8, 4) is 17.2 Å². The molecule has 0 radical (unpaired) electrons. The number of hydrogen-bond acceptors (Lipinski definition) is 5. The number of nitrogens with one attached hydrogen (secondary N) is 1. The molecule has 2 aromatic rings. The van der Waals surface area contributed by atoms with Crippen molar-refractivity contribution < 1.29 is 23.8 Å². The molecule has 0 aliphatic carbocycles. The lowest BCUT2D eigenvalue weighted by atomic mass is 10.1. The van der Waals surface area contributed by atoms with E-state index in [-0.39, 0.29) is 18.4 Å². The Kier molecular flexibility index (Phi) is 6.26. The molecule has 1 aliphatic rings. The molecule has 154 valence electrons. The van der Waals surface area contributed by atoms with E-state index in [0.717, 1.165) is 0 Å². The maximum Gasteiger partial charge on any atom is 0.267 e. The van der Waals surface area contributed by atoms with E-state index in [1.807, 2.05) is 12.1 Å². The minimum Gasteiger partial charge on any atom is -0.493 e. The Morgan fingerprint density at radius 3 is 2.62 bits per heavy atom. The van der Waals surface area contributed by atoms with E-state index in [1.165, 1.54) is 0 Å². The van der Waals surface area contributed by atoms with Crippen LogP contribution in [0.2, 0.25) is 0 Å². The fourth-order valence-corrected chi connectivity index (χ4v) is 3.12. The Morgan fingerprint density at radius 1 is 1.21 bits per heavy atom. The van der Waals surface area contributed by atoms with Gasteiger partial charge in [0.25, 0.3) is 11.8 Å². The summed E-state index contributed by atoms with van der Waals surface area (Å²) in [7, 11) is 1.55. The van der Waals surface area contributed by atoms with E-state index in [2.05, 4.69) is 19.2 Å². The molecule has 0 fully saturated rings. The summed E-state index contributed by atoms with van der Waals surface area (Å²) in [5.74, 6) is 1.58. The van der Waals surface area contributed by atoms with Gasteiger partial charge in [-0.3, -0.25) is 9.59 Å². The predicted molar refractivity (Wildman–Crippen MR) is 111 cm³/mol. The molecule has 7 nitrogen and oxygen atoms in total. The maximum absolute atomic E-state index is 12.5. The predicted octanol–water partition coefficient (Wildman–Crippen LogP) is 3.48. The van der Waals surface area contributed by atoms with Crippen LogP contribution in [0.25, 0.3) is 0 Å². The summed E-state index contributed by atoms with van der Waals surface area (Å²) in [6.45, 7) is 6.29. The fraction of sp³-hybridized carbons (Fsp3) is 0.364. The van der Waals surface area contributed by atoms with Gasteiger partial charge in [0, 0.05) is 18.3 Å². The van der Waals surface area contributed by atoms with Gasteiger partial charge in [-0.2, -0.15) is 0 Å². The van der Waals surface area contributed by atoms with Gasteiger partial charge in [0.05, 0.1) is 12.8 Å². The first-order chi connectivity index (χ1) is 13.9. The van der Waals surface area contributed by atoms with E-state index in [9.17, 15) is 9.59 Å². The summed E-state index contributed by atoms with van der Waals surface area (Å²) in [5, 5.41) is 2.79. The molecule has 1 unspecified atom stereocenters. The van der Waals surface area contributed by atoms with Crippen LogP contribution in [0, 0.1) is 5.92 Å². The number of fused-ring (bicyclic) bond motifs is 1. The third-order valence-electron chi connectivity index (χ3n) is 4.43. The van der Waals surface area contributed by atoms with Gasteiger partial charge < -0.3 is 24.4 Å². The van der Waals surface area contributed by atoms with E-state index in [1.54, 1.807) is 49.3 Å². The van der Waals surface area contributed by atoms with Crippen molar-refractivity contribution in [2.75, 3.05) is 30.5 Å². The number of para-hydroxylation sites is 2. The van der Waals surface area contributed by atoms with Gasteiger partial charge >= 0.3 is 0 Å². The molecule has 0 spiro atoms. The quantitative estimate of drug-likeness (QED) is 0.773. The third kappa shape index (κ3) is 4.80. The Hall–Kier alpha value is -3.22. The first kappa shape index (κ1) is 20.5. The third-order valence-corrected chi connectivity index (χ3v) is 4.43. The van der Waals surface area contributed by atoms with Gasteiger partial charge in [-0.1, -0.05) is 26.0 Å². The van der Waals surface area contributed by atoms with Gasteiger partial charge in [-0.15, -0.1) is 0 Å². The number of anilines is 2. The first-order valence-corrected chi connectivity index (χ1v) is 9.56. The number of benzene rings is 2. The highest BCUT2D eigenvalue weighted by molar-refractivity contribution is 6.00. The number of hydrogen-bond donors (Lipinski definition) is 1. The van der Waals surface area contributed by atoms with Crippen LogP contribution < -0.4 is 24.4 Å². The van der Waals surface area contributed by atoms with Gasteiger partial charge in [-0.05, 0) is 37.1 Å². The summed E-state index contributed by atoms with van der Waals surface area (Å²) < 4.78 is 16.5. The van der Waals surface area contributed by atoms with Crippen molar-refractivity contribution in [3.05, 3.63) is 42.5 Å². The number of ether oxygens (including phenoxy) is 3. The van der Waals surface area contributed by atoms with Crippen LogP contribution in [-0.4, -0.2) is 38.2 Å². The normalized spacial score (nSPS) is 15.6. The Labute approximate surface area is 170 Å². The van der Waals surface area contributed by atoms with Crippen LogP contribution >= 0.6 is 0 Å². The van der Waals surface area contributed by atoms with Crippen molar-refractivity contribution in [1.82, 2.24) is 0 Å². The summed E-state index contributed by atoms with van der Waals surface area (Å²) in [5.41, 5.74) is 1.29. The molecule has 0 saturated heterocycles. The summed E-state index contributed by atoms with van der Waals surface area (Å²) >= 11 is 0. The number of methoxy groups -OCH3 is 1. The largest absolute Gasteiger partial charge is 0.493 e. The average Bonchev–Trinajstić information content (AvgIpc) is 2.69.